The van der Waals surface area contributed by atoms with Gasteiger partial charge in [0.05, 0.1) is 27.4 Å². The molecule has 1 amide bonds. The van der Waals surface area contributed by atoms with Crippen LogP contribution in [-0.4, -0.2) is 23.5 Å². The third-order valence-electron chi connectivity index (χ3n) is 5.38. The van der Waals surface area contributed by atoms with Gasteiger partial charge in [-0.25, -0.2) is 0 Å². The van der Waals surface area contributed by atoms with Crippen molar-refractivity contribution in [2.24, 2.45) is 5.92 Å². The predicted octanol–water partition coefficient (Wildman–Crippen LogP) is 6.17. The molecule has 2 N–H and O–H groups in total. The molecular weight excluding hydrogens is 460 g/mol. The van der Waals surface area contributed by atoms with Gasteiger partial charge in [-0.3, -0.25) is 9.78 Å². The van der Waals surface area contributed by atoms with Gasteiger partial charge >= 0.3 is 12.4 Å². The molecule has 1 aliphatic carbocycles. The van der Waals surface area contributed by atoms with Crippen LogP contribution in [0.1, 0.15) is 47.2 Å². The smallest absolute Gasteiger partial charge is 0.384 e. The van der Waals surface area contributed by atoms with Gasteiger partial charge in [-0.1, -0.05) is 11.6 Å². The van der Waals surface area contributed by atoms with E-state index in [1.165, 1.54) is 6.20 Å². The van der Waals surface area contributed by atoms with Crippen molar-refractivity contribution in [2.75, 3.05) is 11.9 Å². The first-order chi connectivity index (χ1) is 14.9. The number of nitrogens with zero attached hydrogens (tertiary/aromatic N) is 1. The lowest BCUT2D eigenvalue weighted by Gasteiger charge is -2.29. The third-order valence-corrected chi connectivity index (χ3v) is 5.71. The number of benzene rings is 1. The Balaban J connectivity index is 1.51. The average Bonchev–Trinajstić information content (AvgIpc) is 2.72. The molecule has 0 bridgehead atoms. The summed E-state index contributed by atoms with van der Waals surface area (Å²) in [5, 5.41) is 5.62. The van der Waals surface area contributed by atoms with Gasteiger partial charge in [0.1, 0.15) is 0 Å². The molecule has 0 spiro atoms. The van der Waals surface area contributed by atoms with Crippen LogP contribution in [-0.2, 0) is 12.4 Å². The number of anilines is 1. The predicted molar refractivity (Wildman–Crippen MR) is 107 cm³/mol. The summed E-state index contributed by atoms with van der Waals surface area (Å²) in [6.07, 6.45) is -4.40. The molecule has 2 aromatic rings. The molecule has 1 saturated carbocycles. The number of hydrogen-bond donors (Lipinski definition) is 2. The SMILES string of the molecule is O=C(NC1CCC(CNc2cncc(C(F)(F)F)c2)CC1)c1cc(C(F)(F)F)ccc1Cl. The third kappa shape index (κ3) is 6.27. The molecule has 4 nitrogen and oxygen atoms in total. The number of nitrogens with one attached hydrogen (secondary N) is 2. The highest BCUT2D eigenvalue weighted by Gasteiger charge is 2.33. The second-order valence-electron chi connectivity index (χ2n) is 7.72. The van der Waals surface area contributed by atoms with E-state index in [4.69, 9.17) is 11.6 Å². The fourth-order valence-corrected chi connectivity index (χ4v) is 3.81. The average molecular weight is 480 g/mol. The second kappa shape index (κ2) is 9.56. The molecule has 11 heteroatoms. The van der Waals surface area contributed by atoms with Gasteiger partial charge in [0.25, 0.3) is 5.91 Å². The Morgan fingerprint density at radius 3 is 2.25 bits per heavy atom. The lowest BCUT2D eigenvalue weighted by atomic mass is 9.86. The van der Waals surface area contributed by atoms with E-state index < -0.39 is 29.4 Å². The van der Waals surface area contributed by atoms with Crippen molar-refractivity contribution in [3.05, 3.63) is 58.4 Å². The van der Waals surface area contributed by atoms with Gasteiger partial charge in [0.2, 0.25) is 0 Å². The quantitative estimate of drug-likeness (QED) is 0.504. The summed E-state index contributed by atoms with van der Waals surface area (Å²) in [4.78, 5) is 16.0. The van der Waals surface area contributed by atoms with Crippen LogP contribution >= 0.6 is 11.6 Å². The van der Waals surface area contributed by atoms with Crippen molar-refractivity contribution in [1.82, 2.24) is 10.3 Å². The van der Waals surface area contributed by atoms with Gasteiger partial charge in [0.15, 0.2) is 0 Å². The molecule has 0 aliphatic heterocycles. The molecule has 1 aromatic heterocycles. The number of halogens is 7. The maximum atomic E-state index is 12.9. The molecule has 1 heterocycles. The number of amides is 1. The van der Waals surface area contributed by atoms with Gasteiger partial charge in [0, 0.05) is 25.0 Å². The van der Waals surface area contributed by atoms with E-state index in [0.717, 1.165) is 30.5 Å². The number of carbonyl (C=O) groups excluding carboxylic acids is 1. The molecule has 174 valence electrons. The second-order valence-corrected chi connectivity index (χ2v) is 8.13. The Hall–Kier alpha value is -2.49. The zero-order chi connectivity index (χ0) is 23.5. The van der Waals surface area contributed by atoms with Crippen LogP contribution in [0.4, 0.5) is 32.0 Å². The number of pyridine rings is 1. The summed E-state index contributed by atoms with van der Waals surface area (Å²) in [5.41, 5.74) is -1.75. The number of rotatable bonds is 5. The lowest BCUT2D eigenvalue weighted by molar-refractivity contribution is -0.138. The normalized spacial score (nSPS) is 19.5. The maximum absolute atomic E-state index is 12.9. The fraction of sp³-hybridized carbons (Fsp3) is 0.429. The van der Waals surface area contributed by atoms with Crippen LogP contribution in [0.5, 0.6) is 0 Å². The number of carbonyl (C=O) groups is 1. The molecular formula is C21H20ClF6N3O. The maximum Gasteiger partial charge on any atom is 0.417 e. The molecule has 1 aromatic carbocycles. The van der Waals surface area contributed by atoms with Crippen LogP contribution in [0, 0.1) is 5.92 Å². The molecule has 32 heavy (non-hydrogen) atoms. The first kappa shape index (κ1) is 24.2. The minimum atomic E-state index is -4.58. The van der Waals surface area contributed by atoms with Crippen LogP contribution in [0.2, 0.25) is 5.02 Å². The van der Waals surface area contributed by atoms with Crippen LogP contribution in [0.25, 0.3) is 0 Å². The van der Waals surface area contributed by atoms with Crippen molar-refractivity contribution >= 4 is 23.2 Å². The minimum Gasteiger partial charge on any atom is -0.384 e. The van der Waals surface area contributed by atoms with E-state index in [-0.39, 0.29) is 28.2 Å². The minimum absolute atomic E-state index is 0.0666. The van der Waals surface area contributed by atoms with Crippen molar-refractivity contribution in [2.45, 2.75) is 44.1 Å². The molecule has 1 fully saturated rings. The van der Waals surface area contributed by atoms with Crippen molar-refractivity contribution in [1.29, 1.82) is 0 Å². The highest BCUT2D eigenvalue weighted by atomic mass is 35.5. The van der Waals surface area contributed by atoms with Gasteiger partial charge < -0.3 is 10.6 Å². The first-order valence-electron chi connectivity index (χ1n) is 9.87. The fourth-order valence-electron chi connectivity index (χ4n) is 3.60. The number of hydrogen-bond acceptors (Lipinski definition) is 3. The van der Waals surface area contributed by atoms with E-state index in [2.05, 4.69) is 15.6 Å². The topological polar surface area (TPSA) is 54.0 Å². The van der Waals surface area contributed by atoms with Crippen LogP contribution in [0.15, 0.2) is 36.7 Å². The lowest BCUT2D eigenvalue weighted by Crippen LogP contribution is -2.38. The zero-order valence-corrected chi connectivity index (χ0v) is 17.4. The largest absolute Gasteiger partial charge is 0.417 e. The Bertz CT molecular complexity index is 955. The van der Waals surface area contributed by atoms with Gasteiger partial charge in [-0.2, -0.15) is 26.3 Å². The summed E-state index contributed by atoms with van der Waals surface area (Å²) in [7, 11) is 0. The van der Waals surface area contributed by atoms with E-state index in [9.17, 15) is 31.1 Å². The molecule has 0 saturated heterocycles. The van der Waals surface area contributed by atoms with E-state index >= 15 is 0 Å². The zero-order valence-electron chi connectivity index (χ0n) is 16.7. The van der Waals surface area contributed by atoms with E-state index in [0.29, 0.717) is 32.2 Å². The summed E-state index contributed by atoms with van der Waals surface area (Å²) < 4.78 is 77.0. The summed E-state index contributed by atoms with van der Waals surface area (Å²) in [6, 6.07) is 3.37. The van der Waals surface area contributed by atoms with E-state index in [1.807, 2.05) is 0 Å². The van der Waals surface area contributed by atoms with Gasteiger partial charge in [-0.05, 0) is 55.9 Å². The highest BCUT2D eigenvalue weighted by molar-refractivity contribution is 6.33. The summed E-state index contributed by atoms with van der Waals surface area (Å²) in [6.45, 7) is 0.448. The Morgan fingerprint density at radius 1 is 0.969 bits per heavy atom. The summed E-state index contributed by atoms with van der Waals surface area (Å²) >= 11 is 5.91. The molecule has 0 unspecified atom stereocenters. The number of alkyl halides is 6. The van der Waals surface area contributed by atoms with Crippen molar-refractivity contribution in [3.63, 3.8) is 0 Å². The molecule has 0 radical (unpaired) electrons. The molecule has 3 rings (SSSR count). The Morgan fingerprint density at radius 2 is 1.62 bits per heavy atom. The summed E-state index contributed by atoms with van der Waals surface area (Å²) in [5.74, 6) is -0.493. The van der Waals surface area contributed by atoms with Crippen LogP contribution in [0.3, 0.4) is 0 Å². The highest BCUT2D eigenvalue weighted by Crippen LogP contribution is 2.33. The van der Waals surface area contributed by atoms with Crippen LogP contribution < -0.4 is 10.6 Å². The Kier molecular flexibility index (Phi) is 7.22. The van der Waals surface area contributed by atoms with E-state index in [1.54, 1.807) is 0 Å². The first-order valence-corrected chi connectivity index (χ1v) is 10.2. The van der Waals surface area contributed by atoms with Crippen molar-refractivity contribution < 1.29 is 31.1 Å². The molecule has 1 aliphatic rings. The monoisotopic (exact) mass is 479 g/mol. The van der Waals surface area contributed by atoms with Gasteiger partial charge in [-0.15, -0.1) is 0 Å². The van der Waals surface area contributed by atoms with Crippen molar-refractivity contribution in [3.8, 4) is 0 Å². The Labute approximate surface area is 185 Å². The standard InChI is InChI=1S/C21H20ClF6N3O/c22-18-6-3-13(20(23,24)25)8-17(18)19(32)31-15-4-1-12(2-5-15)9-30-16-7-14(10-29-11-16)21(26,27)28/h3,6-8,10-12,15,30H,1-2,4-5,9H2,(H,31,32). The number of aromatic nitrogens is 1. The molecule has 0 atom stereocenters.